The van der Waals surface area contributed by atoms with Gasteiger partial charge < -0.3 is 14.8 Å². The van der Waals surface area contributed by atoms with Crippen LogP contribution in [-0.4, -0.2) is 54.0 Å². The van der Waals surface area contributed by atoms with E-state index in [4.69, 9.17) is 9.47 Å². The maximum atomic E-state index is 12.5. The summed E-state index contributed by atoms with van der Waals surface area (Å²) in [4.78, 5) is 29.0. The van der Waals surface area contributed by atoms with Gasteiger partial charge in [-0.3, -0.25) is 4.79 Å². The molecule has 0 spiro atoms. The third kappa shape index (κ3) is 7.55. The predicted molar refractivity (Wildman–Crippen MR) is 120 cm³/mol. The quantitative estimate of drug-likeness (QED) is 0.490. The molecule has 2 N–H and O–H groups in total. The maximum Gasteiger partial charge on any atom is 0.408 e. The summed E-state index contributed by atoms with van der Waals surface area (Å²) in [5.41, 5.74) is 3.20. The first-order valence-corrected chi connectivity index (χ1v) is 10.9. The predicted octanol–water partition coefficient (Wildman–Crippen LogP) is 3.34. The molecule has 0 radical (unpaired) electrons. The molecule has 0 aliphatic heterocycles. The van der Waals surface area contributed by atoms with Gasteiger partial charge in [-0.25, -0.2) is 15.2 Å². The third-order valence-electron chi connectivity index (χ3n) is 3.91. The van der Waals surface area contributed by atoms with E-state index in [2.05, 4.69) is 20.8 Å². The van der Waals surface area contributed by atoms with Crippen molar-refractivity contribution in [1.82, 2.24) is 15.7 Å². The van der Waals surface area contributed by atoms with Crippen LogP contribution in [0, 0.1) is 0 Å². The molecule has 0 aliphatic rings. The van der Waals surface area contributed by atoms with Gasteiger partial charge in [0.25, 0.3) is 5.91 Å². The minimum Gasteiger partial charge on any atom is -0.497 e. The van der Waals surface area contributed by atoms with Crippen LogP contribution in [0.3, 0.4) is 0 Å². The maximum absolute atomic E-state index is 12.5. The number of methoxy groups -OCH3 is 1. The van der Waals surface area contributed by atoms with Crippen LogP contribution >= 0.6 is 11.8 Å². The van der Waals surface area contributed by atoms with Gasteiger partial charge in [0.2, 0.25) is 0 Å². The third-order valence-corrected chi connectivity index (χ3v) is 4.55. The first-order chi connectivity index (χ1) is 14.2. The number of alkyl carbamates (subject to hydrolysis) is 1. The summed E-state index contributed by atoms with van der Waals surface area (Å²) in [6.45, 7) is 5.29. The first-order valence-electron chi connectivity index (χ1n) is 9.48. The summed E-state index contributed by atoms with van der Waals surface area (Å²) in [5, 5.41) is 7.53. The summed E-state index contributed by atoms with van der Waals surface area (Å²) in [6.07, 6.45) is 3.21. The van der Waals surface area contributed by atoms with Crippen LogP contribution in [0.5, 0.6) is 5.75 Å². The highest BCUT2D eigenvalue weighted by Gasteiger charge is 2.23. The van der Waals surface area contributed by atoms with Crippen molar-refractivity contribution in [3.8, 4) is 5.75 Å². The Kier molecular flexibility index (Phi) is 8.46. The van der Waals surface area contributed by atoms with Crippen LogP contribution in [0.2, 0.25) is 0 Å². The van der Waals surface area contributed by atoms with Crippen molar-refractivity contribution in [3.63, 3.8) is 0 Å². The molecule has 30 heavy (non-hydrogen) atoms. The molecule has 0 aliphatic carbocycles. The van der Waals surface area contributed by atoms with Crippen molar-refractivity contribution < 1.29 is 19.1 Å². The second-order valence-corrected chi connectivity index (χ2v) is 8.49. The van der Waals surface area contributed by atoms with Gasteiger partial charge in [0.15, 0.2) is 0 Å². The minimum atomic E-state index is -0.749. The van der Waals surface area contributed by atoms with Gasteiger partial charge in [-0.05, 0) is 63.5 Å². The lowest BCUT2D eigenvalue weighted by atomic mass is 10.2. The number of carbonyl (C=O) groups is 2. The lowest BCUT2D eigenvalue weighted by Crippen LogP contribution is -2.47. The van der Waals surface area contributed by atoms with Gasteiger partial charge in [0.05, 0.1) is 24.5 Å². The number of benzene rings is 1. The molecule has 0 bridgehead atoms. The molecular weight excluding hydrogens is 404 g/mol. The highest BCUT2D eigenvalue weighted by molar-refractivity contribution is 7.98. The monoisotopic (exact) mass is 432 g/mol. The second-order valence-electron chi connectivity index (χ2n) is 7.51. The molecule has 162 valence electrons. The molecule has 0 unspecified atom stereocenters. The zero-order valence-corrected chi connectivity index (χ0v) is 18.7. The summed E-state index contributed by atoms with van der Waals surface area (Å²) in [5.74, 6) is 1.04. The molecule has 0 fully saturated rings. The van der Waals surface area contributed by atoms with E-state index in [9.17, 15) is 9.59 Å². The average Bonchev–Trinajstić information content (AvgIpc) is 2.69. The molecule has 2 amide bonds. The van der Waals surface area contributed by atoms with Crippen molar-refractivity contribution >= 4 is 40.9 Å². The molecule has 0 saturated heterocycles. The van der Waals surface area contributed by atoms with E-state index in [1.165, 1.54) is 6.21 Å². The van der Waals surface area contributed by atoms with Crippen LogP contribution in [0.15, 0.2) is 35.4 Å². The Balaban J connectivity index is 2.01. The highest BCUT2D eigenvalue weighted by Crippen LogP contribution is 2.19. The molecule has 1 aromatic heterocycles. The molecule has 1 heterocycles. The van der Waals surface area contributed by atoms with Crippen molar-refractivity contribution in [2.24, 2.45) is 5.10 Å². The average molecular weight is 433 g/mol. The van der Waals surface area contributed by atoms with Crippen LogP contribution in [0.25, 0.3) is 10.9 Å². The van der Waals surface area contributed by atoms with Gasteiger partial charge in [0.1, 0.15) is 17.4 Å². The molecular formula is C21H28N4O4S. The Hall–Kier alpha value is -2.81. The minimum absolute atomic E-state index is 0.420. The lowest BCUT2D eigenvalue weighted by Gasteiger charge is -2.22. The fourth-order valence-corrected chi connectivity index (χ4v) is 2.98. The molecule has 8 nitrogen and oxygen atoms in total. The Labute approximate surface area is 180 Å². The number of pyridine rings is 1. The van der Waals surface area contributed by atoms with Crippen LogP contribution < -0.4 is 15.5 Å². The molecule has 1 aromatic carbocycles. The molecule has 2 rings (SSSR count). The zero-order valence-electron chi connectivity index (χ0n) is 17.9. The van der Waals surface area contributed by atoms with Crippen molar-refractivity contribution in [3.05, 3.63) is 36.0 Å². The SMILES string of the molecule is COc1ccc2nc(/C=N/NC(=O)[C@H](CCSC)NC(=O)OC(C)(C)C)ccc2c1. The highest BCUT2D eigenvalue weighted by atomic mass is 32.2. The second kappa shape index (κ2) is 10.8. The van der Waals surface area contributed by atoms with E-state index in [1.54, 1.807) is 45.7 Å². The summed E-state index contributed by atoms with van der Waals surface area (Å²) in [6, 6.07) is 8.52. The van der Waals surface area contributed by atoms with E-state index in [-0.39, 0.29) is 0 Å². The largest absolute Gasteiger partial charge is 0.497 e. The molecule has 9 heteroatoms. The van der Waals surface area contributed by atoms with Crippen molar-refractivity contribution in [2.75, 3.05) is 19.1 Å². The number of hydrogen-bond donors (Lipinski definition) is 2. The first kappa shape index (κ1) is 23.5. The Morgan fingerprint density at radius 1 is 1.27 bits per heavy atom. The Morgan fingerprint density at radius 3 is 2.70 bits per heavy atom. The number of ether oxygens (including phenoxy) is 2. The lowest BCUT2D eigenvalue weighted by molar-refractivity contribution is -0.123. The van der Waals surface area contributed by atoms with Gasteiger partial charge in [-0.15, -0.1) is 0 Å². The van der Waals surface area contributed by atoms with E-state index in [0.717, 1.165) is 16.7 Å². The number of carbonyl (C=O) groups excluding carboxylic acids is 2. The zero-order chi connectivity index (χ0) is 22.1. The number of fused-ring (bicyclic) bond motifs is 1. The summed E-state index contributed by atoms with van der Waals surface area (Å²) in [7, 11) is 1.61. The number of nitrogens with zero attached hydrogens (tertiary/aromatic N) is 2. The number of hydrogen-bond acceptors (Lipinski definition) is 7. The van der Waals surface area contributed by atoms with Gasteiger partial charge >= 0.3 is 6.09 Å². The molecule has 0 saturated carbocycles. The number of hydrazone groups is 1. The van der Waals surface area contributed by atoms with Crippen LogP contribution in [0.1, 0.15) is 32.9 Å². The van der Waals surface area contributed by atoms with E-state index < -0.39 is 23.6 Å². The Morgan fingerprint density at radius 2 is 2.03 bits per heavy atom. The van der Waals surface area contributed by atoms with Crippen molar-refractivity contribution in [2.45, 2.75) is 38.8 Å². The number of nitrogens with one attached hydrogen (secondary N) is 2. The summed E-state index contributed by atoms with van der Waals surface area (Å²) >= 11 is 1.58. The molecule has 2 aromatic rings. The fraction of sp³-hybridized carbons (Fsp3) is 0.429. The number of rotatable bonds is 8. The van der Waals surface area contributed by atoms with Crippen molar-refractivity contribution in [1.29, 1.82) is 0 Å². The van der Waals surface area contributed by atoms with E-state index >= 15 is 0 Å². The van der Waals surface area contributed by atoms with E-state index in [0.29, 0.717) is 17.9 Å². The van der Waals surface area contributed by atoms with Crippen LogP contribution in [-0.2, 0) is 9.53 Å². The smallest absolute Gasteiger partial charge is 0.408 e. The van der Waals surface area contributed by atoms with Gasteiger partial charge in [-0.1, -0.05) is 6.07 Å². The number of thioether (sulfide) groups is 1. The number of aromatic nitrogens is 1. The normalized spacial score (nSPS) is 12.6. The number of amides is 2. The molecule has 1 atom stereocenters. The Bertz CT molecular complexity index is 912. The van der Waals surface area contributed by atoms with Gasteiger partial charge in [0, 0.05) is 5.39 Å². The van der Waals surface area contributed by atoms with E-state index in [1.807, 2.05) is 30.5 Å². The van der Waals surface area contributed by atoms with Crippen LogP contribution in [0.4, 0.5) is 4.79 Å². The van der Waals surface area contributed by atoms with Gasteiger partial charge in [-0.2, -0.15) is 16.9 Å². The standard InChI is InChI=1S/C21H28N4O4S/c1-21(2,3)29-20(27)24-18(10-11-30-5)19(26)25-22-13-15-7-6-14-12-16(28-4)8-9-17(14)23-15/h6-9,12-13,18H,10-11H2,1-5H3,(H,24,27)(H,25,26)/b22-13+/t18-/m0/s1. The fourth-order valence-electron chi connectivity index (χ4n) is 2.51. The summed E-state index contributed by atoms with van der Waals surface area (Å²) < 4.78 is 10.4. The topological polar surface area (TPSA) is 102 Å².